The molecule has 0 fully saturated rings. The van der Waals surface area contributed by atoms with Crippen molar-refractivity contribution in [3.05, 3.63) is 66.2 Å². The van der Waals surface area contributed by atoms with Crippen LogP contribution in [0.15, 0.2) is 65.6 Å². The van der Waals surface area contributed by atoms with E-state index in [1.165, 1.54) is 11.8 Å². The lowest BCUT2D eigenvalue weighted by atomic mass is 10.1. The van der Waals surface area contributed by atoms with Crippen molar-refractivity contribution in [2.75, 3.05) is 5.75 Å². The molecule has 1 atom stereocenters. The number of rotatable bonds is 5. The number of carbonyl (C=O) groups excluding carboxylic acids is 1. The molecule has 1 unspecified atom stereocenters. The molecule has 0 saturated carbocycles. The van der Waals surface area contributed by atoms with Gasteiger partial charge in [-0.1, -0.05) is 48.5 Å². The smallest absolute Gasteiger partial charge is 0.231 e. The van der Waals surface area contributed by atoms with E-state index in [1.54, 1.807) is 0 Å². The van der Waals surface area contributed by atoms with Crippen LogP contribution >= 0.6 is 11.8 Å². The van der Waals surface area contributed by atoms with Crippen molar-refractivity contribution in [1.82, 2.24) is 5.32 Å². The van der Waals surface area contributed by atoms with Crippen LogP contribution < -0.4 is 5.32 Å². The normalized spacial score (nSPS) is 11.3. The summed E-state index contributed by atoms with van der Waals surface area (Å²) in [4.78, 5) is 12.9. The molecule has 0 bridgehead atoms. The molecule has 2 aromatic carbocycles. The summed E-state index contributed by atoms with van der Waals surface area (Å²) in [6.45, 7) is 0. The van der Waals surface area contributed by atoms with Gasteiger partial charge in [0.1, 0.15) is 6.04 Å². The molecule has 1 amide bonds. The van der Waals surface area contributed by atoms with Gasteiger partial charge in [0.2, 0.25) is 5.91 Å². The topological polar surface area (TPSA) is 52.9 Å². The van der Waals surface area contributed by atoms with E-state index in [1.807, 2.05) is 60.7 Å². The Balaban J connectivity index is 1.89. The summed E-state index contributed by atoms with van der Waals surface area (Å²) >= 11 is 1.45. The minimum atomic E-state index is -0.597. The molecule has 0 heterocycles. The van der Waals surface area contributed by atoms with Crippen LogP contribution in [-0.4, -0.2) is 11.7 Å². The number of hydrogen-bond acceptors (Lipinski definition) is 3. The van der Waals surface area contributed by atoms with Gasteiger partial charge in [0.05, 0.1) is 11.8 Å². The highest BCUT2D eigenvalue weighted by molar-refractivity contribution is 8.00. The molecule has 0 aromatic heterocycles. The van der Waals surface area contributed by atoms with E-state index in [-0.39, 0.29) is 5.91 Å². The van der Waals surface area contributed by atoms with Gasteiger partial charge in [-0.25, -0.2) is 0 Å². The average molecular weight is 282 g/mol. The van der Waals surface area contributed by atoms with Crippen LogP contribution in [0.3, 0.4) is 0 Å². The average Bonchev–Trinajstić information content (AvgIpc) is 2.52. The fourth-order valence-electron chi connectivity index (χ4n) is 1.70. The lowest BCUT2D eigenvalue weighted by Gasteiger charge is -2.11. The van der Waals surface area contributed by atoms with E-state index in [0.29, 0.717) is 5.75 Å². The monoisotopic (exact) mass is 282 g/mol. The lowest BCUT2D eigenvalue weighted by Crippen LogP contribution is -2.29. The quantitative estimate of drug-likeness (QED) is 0.857. The van der Waals surface area contributed by atoms with Crippen molar-refractivity contribution in [3.63, 3.8) is 0 Å². The maximum absolute atomic E-state index is 11.9. The molecule has 20 heavy (non-hydrogen) atoms. The summed E-state index contributed by atoms with van der Waals surface area (Å²) in [5.74, 6) is 0.156. The van der Waals surface area contributed by atoms with E-state index >= 15 is 0 Å². The second kappa shape index (κ2) is 7.37. The van der Waals surface area contributed by atoms with Crippen LogP contribution in [0.4, 0.5) is 0 Å². The van der Waals surface area contributed by atoms with Crippen molar-refractivity contribution in [2.24, 2.45) is 0 Å². The van der Waals surface area contributed by atoms with Gasteiger partial charge in [-0.2, -0.15) is 5.26 Å². The minimum absolute atomic E-state index is 0.144. The van der Waals surface area contributed by atoms with Crippen molar-refractivity contribution >= 4 is 17.7 Å². The molecule has 100 valence electrons. The molecule has 0 aliphatic rings. The first-order valence-electron chi connectivity index (χ1n) is 6.21. The number of carbonyl (C=O) groups is 1. The first-order valence-corrected chi connectivity index (χ1v) is 7.20. The number of hydrogen-bond donors (Lipinski definition) is 1. The fourth-order valence-corrected chi connectivity index (χ4v) is 2.43. The summed E-state index contributed by atoms with van der Waals surface area (Å²) in [6.07, 6.45) is 0. The summed E-state index contributed by atoms with van der Waals surface area (Å²) in [5.41, 5.74) is 0.799. The van der Waals surface area contributed by atoms with Crippen molar-refractivity contribution in [1.29, 1.82) is 5.26 Å². The molecule has 1 N–H and O–H groups in total. The fraction of sp³-hybridized carbons (Fsp3) is 0.125. The van der Waals surface area contributed by atoms with Gasteiger partial charge in [0.25, 0.3) is 0 Å². The van der Waals surface area contributed by atoms with Crippen LogP contribution in [0.5, 0.6) is 0 Å². The number of nitriles is 1. The SMILES string of the molecule is N#CC(NC(=O)CSc1ccccc1)c1ccccc1. The zero-order chi connectivity index (χ0) is 14.2. The number of nitrogens with zero attached hydrogens (tertiary/aromatic N) is 1. The molecule has 2 rings (SSSR count). The zero-order valence-corrected chi connectivity index (χ0v) is 11.6. The second-order valence-corrected chi connectivity index (χ2v) is 5.19. The van der Waals surface area contributed by atoms with E-state index in [0.717, 1.165) is 10.5 Å². The highest BCUT2D eigenvalue weighted by atomic mass is 32.2. The summed E-state index contributed by atoms with van der Waals surface area (Å²) in [6, 6.07) is 20.5. The summed E-state index contributed by atoms with van der Waals surface area (Å²) < 4.78 is 0. The third-order valence-corrected chi connectivity index (χ3v) is 3.69. The molecule has 3 nitrogen and oxygen atoms in total. The Morgan fingerprint density at radius 2 is 1.70 bits per heavy atom. The molecule has 0 radical (unpaired) electrons. The van der Waals surface area contributed by atoms with E-state index in [4.69, 9.17) is 5.26 Å². The van der Waals surface area contributed by atoms with Gasteiger partial charge in [-0.3, -0.25) is 4.79 Å². The molecule has 2 aromatic rings. The molecular weight excluding hydrogens is 268 g/mol. The van der Waals surface area contributed by atoms with Crippen LogP contribution in [0.1, 0.15) is 11.6 Å². The maximum atomic E-state index is 11.9. The molecule has 0 aliphatic heterocycles. The van der Waals surface area contributed by atoms with Crippen molar-refractivity contribution < 1.29 is 4.79 Å². The number of benzene rings is 2. The molecule has 0 spiro atoms. The van der Waals surface area contributed by atoms with Gasteiger partial charge in [0.15, 0.2) is 0 Å². The van der Waals surface area contributed by atoms with Crippen LogP contribution in [-0.2, 0) is 4.79 Å². The Labute approximate surface area is 122 Å². The lowest BCUT2D eigenvalue weighted by molar-refractivity contribution is -0.118. The van der Waals surface area contributed by atoms with Gasteiger partial charge in [0, 0.05) is 4.90 Å². The maximum Gasteiger partial charge on any atom is 0.231 e. The highest BCUT2D eigenvalue weighted by Gasteiger charge is 2.13. The number of amides is 1. The van der Waals surface area contributed by atoms with Gasteiger partial charge in [-0.15, -0.1) is 11.8 Å². The largest absolute Gasteiger partial charge is 0.336 e. The highest BCUT2D eigenvalue weighted by Crippen LogP contribution is 2.17. The molecular formula is C16H14N2OS. The Morgan fingerprint density at radius 3 is 2.30 bits per heavy atom. The molecule has 0 aliphatic carbocycles. The Morgan fingerprint density at radius 1 is 1.10 bits per heavy atom. The predicted molar refractivity (Wildman–Crippen MR) is 80.1 cm³/mol. The van der Waals surface area contributed by atoms with Crippen molar-refractivity contribution in [2.45, 2.75) is 10.9 Å². The van der Waals surface area contributed by atoms with Crippen LogP contribution in [0.2, 0.25) is 0 Å². The minimum Gasteiger partial charge on any atom is -0.336 e. The Bertz CT molecular complexity index is 593. The first kappa shape index (κ1) is 14.2. The van der Waals surface area contributed by atoms with Gasteiger partial charge in [-0.05, 0) is 17.7 Å². The van der Waals surface area contributed by atoms with Crippen LogP contribution in [0, 0.1) is 11.3 Å². The summed E-state index contributed by atoms with van der Waals surface area (Å²) in [7, 11) is 0. The van der Waals surface area contributed by atoms with Gasteiger partial charge < -0.3 is 5.32 Å². The third-order valence-electron chi connectivity index (χ3n) is 2.68. The first-order chi connectivity index (χ1) is 9.79. The van der Waals surface area contributed by atoms with Crippen LogP contribution in [0.25, 0.3) is 0 Å². The number of thioether (sulfide) groups is 1. The van der Waals surface area contributed by atoms with E-state index in [9.17, 15) is 4.79 Å². The van der Waals surface area contributed by atoms with Gasteiger partial charge >= 0.3 is 0 Å². The molecule has 4 heteroatoms. The Hall–Kier alpha value is -2.25. The van der Waals surface area contributed by atoms with E-state index < -0.39 is 6.04 Å². The zero-order valence-electron chi connectivity index (χ0n) is 10.8. The standard InChI is InChI=1S/C16H14N2OS/c17-11-15(13-7-3-1-4-8-13)18-16(19)12-20-14-9-5-2-6-10-14/h1-10,15H,12H2,(H,18,19). The predicted octanol–water partition coefficient (Wildman–Crippen LogP) is 3.16. The summed E-state index contributed by atoms with van der Waals surface area (Å²) in [5, 5.41) is 11.9. The third kappa shape index (κ3) is 4.15. The Kier molecular flexibility index (Phi) is 5.22. The van der Waals surface area contributed by atoms with E-state index in [2.05, 4.69) is 11.4 Å². The number of nitrogens with one attached hydrogen (secondary N) is 1. The van der Waals surface area contributed by atoms with Crippen molar-refractivity contribution in [3.8, 4) is 6.07 Å². The second-order valence-electron chi connectivity index (χ2n) is 4.14. The molecule has 0 saturated heterocycles.